The molecule has 3 heterocycles. The molecular weight excluding hydrogens is 659 g/mol. The number of fused-ring (bicyclic) bond motifs is 3. The molecule has 0 saturated carbocycles. The number of halogens is 3. The van der Waals surface area contributed by atoms with E-state index in [2.05, 4.69) is 16.9 Å². The highest BCUT2D eigenvalue weighted by Gasteiger charge is 2.55. The number of ether oxygens (including phenoxy) is 5. The molecule has 3 atom stereocenters. The van der Waals surface area contributed by atoms with Crippen LogP contribution in [0.5, 0.6) is 11.5 Å². The normalized spacial score (nSPS) is 19.4. The van der Waals surface area contributed by atoms with Crippen LogP contribution in [0.15, 0.2) is 30.9 Å². The van der Waals surface area contributed by atoms with Crippen LogP contribution >= 0.6 is 0 Å². The molecule has 1 aromatic carbocycles. The average Bonchev–Trinajstić information content (AvgIpc) is 3.42. The Labute approximate surface area is 290 Å². The highest BCUT2D eigenvalue weighted by molar-refractivity contribution is 5.91. The van der Waals surface area contributed by atoms with Crippen LogP contribution in [-0.2, 0) is 36.4 Å². The van der Waals surface area contributed by atoms with Gasteiger partial charge in [0.2, 0.25) is 5.91 Å². The van der Waals surface area contributed by atoms with Gasteiger partial charge in [-0.2, -0.15) is 13.2 Å². The van der Waals surface area contributed by atoms with Crippen molar-refractivity contribution in [3.63, 3.8) is 0 Å². The fourth-order valence-electron chi connectivity index (χ4n) is 6.45. The number of amides is 2. The summed E-state index contributed by atoms with van der Waals surface area (Å²) in [6.45, 7) is 9.45. The van der Waals surface area contributed by atoms with Gasteiger partial charge in [-0.05, 0) is 71.1 Å². The predicted octanol–water partition coefficient (Wildman–Crippen LogP) is 6.54. The number of methoxy groups -OCH3 is 2. The molecule has 2 amide bonds. The van der Waals surface area contributed by atoms with Crippen LogP contribution in [0.1, 0.15) is 83.4 Å². The average molecular weight is 708 g/mol. The number of hydrogen-bond acceptors (Lipinski definition) is 9. The van der Waals surface area contributed by atoms with Crippen molar-refractivity contribution in [1.82, 2.24) is 15.2 Å². The number of carbonyl (C=O) groups excluding carboxylic acids is 3. The number of pyridine rings is 1. The molecule has 1 spiro atoms. The third-order valence-corrected chi connectivity index (χ3v) is 8.74. The summed E-state index contributed by atoms with van der Waals surface area (Å²) in [5.41, 5.74) is -2.91. The molecule has 1 aromatic heterocycles. The van der Waals surface area contributed by atoms with Crippen LogP contribution in [0.3, 0.4) is 0 Å². The molecule has 1 fully saturated rings. The number of esters is 1. The smallest absolute Gasteiger partial charge is 0.437 e. The summed E-state index contributed by atoms with van der Waals surface area (Å²) in [4.78, 5) is 45.4. The number of carbonyl (C=O) groups is 3. The highest BCUT2D eigenvalue weighted by atomic mass is 19.4. The number of hydrogen-bond donors (Lipinski definition) is 1. The fraction of sp³-hybridized carbons (Fsp3) is 0.611. The van der Waals surface area contributed by atoms with Crippen molar-refractivity contribution in [2.75, 3.05) is 34.0 Å². The van der Waals surface area contributed by atoms with Gasteiger partial charge in [-0.25, -0.2) is 14.6 Å². The molecule has 2 aliphatic rings. The molecule has 4 rings (SSSR count). The van der Waals surface area contributed by atoms with Gasteiger partial charge in [-0.1, -0.05) is 18.9 Å². The summed E-state index contributed by atoms with van der Waals surface area (Å²) in [5.74, 6) is -1.29. The minimum absolute atomic E-state index is 0.110. The molecule has 2 aliphatic heterocycles. The van der Waals surface area contributed by atoms with E-state index in [0.717, 1.165) is 19.3 Å². The monoisotopic (exact) mass is 707 g/mol. The second kappa shape index (κ2) is 16.3. The predicted molar refractivity (Wildman–Crippen MR) is 179 cm³/mol. The van der Waals surface area contributed by atoms with Crippen LogP contribution < -0.4 is 14.8 Å². The van der Waals surface area contributed by atoms with Crippen molar-refractivity contribution < 1.29 is 51.2 Å². The van der Waals surface area contributed by atoms with Crippen molar-refractivity contribution in [3.05, 3.63) is 42.1 Å². The zero-order valence-corrected chi connectivity index (χ0v) is 29.5. The van der Waals surface area contributed by atoms with Crippen LogP contribution in [-0.4, -0.2) is 85.1 Å². The molecule has 0 aliphatic carbocycles. The first kappa shape index (κ1) is 38.7. The van der Waals surface area contributed by atoms with E-state index in [9.17, 15) is 27.6 Å². The maximum atomic E-state index is 14.5. The van der Waals surface area contributed by atoms with Gasteiger partial charge in [0.1, 0.15) is 29.0 Å². The van der Waals surface area contributed by atoms with Crippen molar-refractivity contribution in [3.8, 4) is 11.5 Å². The van der Waals surface area contributed by atoms with Crippen molar-refractivity contribution in [2.24, 2.45) is 0 Å². The minimum atomic E-state index is -4.85. The summed E-state index contributed by atoms with van der Waals surface area (Å²) < 4.78 is 71.2. The molecule has 11 nitrogen and oxygen atoms in total. The Bertz CT molecular complexity index is 1540. The summed E-state index contributed by atoms with van der Waals surface area (Å²) in [6.07, 6.45) is 0.255. The zero-order valence-electron chi connectivity index (χ0n) is 29.5. The highest BCUT2D eigenvalue weighted by Crippen LogP contribution is 2.48. The Hall–Kier alpha value is -4.07. The molecule has 50 heavy (non-hydrogen) atoms. The molecule has 276 valence electrons. The summed E-state index contributed by atoms with van der Waals surface area (Å²) in [6, 6.07) is 2.49. The lowest BCUT2D eigenvalue weighted by molar-refractivity contribution is -0.151. The van der Waals surface area contributed by atoms with Gasteiger partial charge >= 0.3 is 18.2 Å². The van der Waals surface area contributed by atoms with E-state index in [1.807, 2.05) is 0 Å². The van der Waals surface area contributed by atoms with Gasteiger partial charge in [-0.3, -0.25) is 4.79 Å². The number of nitrogens with zero attached hydrogens (tertiary/aromatic N) is 2. The Morgan fingerprint density at radius 2 is 1.90 bits per heavy atom. The third kappa shape index (κ3) is 9.58. The number of alkyl carbamates (subject to hydrolysis) is 1. The quantitative estimate of drug-likeness (QED) is 0.132. The first-order valence-electron chi connectivity index (χ1n) is 16.9. The standard InChI is InChI=1S/C36H48F3N3O8/c1-7-8-9-10-11-13-27(41-33(45)50-34(2,3)4)31(43)42-22-35(21-28(42)32(44)47-6)17-16-24-25-20-23(48-19-12-18-46-5)14-15-26(25)40-30(29(24)49-35)36(37,38)39/h7,14-15,20,27-28H,1,8-13,16-19,21-22H2,2-6H3,(H,41,45)/t27-,28-,35+/m0/s1. The van der Waals surface area contributed by atoms with Crippen molar-refractivity contribution in [1.29, 1.82) is 0 Å². The van der Waals surface area contributed by atoms with E-state index in [4.69, 9.17) is 23.7 Å². The largest absolute Gasteiger partial charge is 0.493 e. The Kier molecular flexibility index (Phi) is 12.6. The van der Waals surface area contributed by atoms with Crippen LogP contribution in [0, 0.1) is 0 Å². The molecule has 0 bridgehead atoms. The third-order valence-electron chi connectivity index (χ3n) is 8.74. The van der Waals surface area contributed by atoms with Crippen LogP contribution in [0.4, 0.5) is 18.0 Å². The summed E-state index contributed by atoms with van der Waals surface area (Å²) in [7, 11) is 2.76. The number of rotatable bonds is 14. The second-order valence-corrected chi connectivity index (χ2v) is 13.8. The van der Waals surface area contributed by atoms with Gasteiger partial charge in [-0.15, -0.1) is 6.58 Å². The first-order chi connectivity index (χ1) is 23.6. The minimum Gasteiger partial charge on any atom is -0.493 e. The molecular formula is C36H48F3N3O8. The van der Waals surface area contributed by atoms with E-state index in [-0.39, 0.29) is 37.7 Å². The second-order valence-electron chi connectivity index (χ2n) is 13.8. The maximum absolute atomic E-state index is 14.5. The number of likely N-dealkylation sites (tertiary alicyclic amines) is 1. The zero-order chi connectivity index (χ0) is 36.7. The molecule has 14 heteroatoms. The van der Waals surface area contributed by atoms with Gasteiger partial charge < -0.3 is 33.9 Å². The molecule has 0 radical (unpaired) electrons. The lowest BCUT2D eigenvalue weighted by Crippen LogP contribution is -2.53. The number of aromatic nitrogens is 1. The van der Waals surface area contributed by atoms with Crippen LogP contribution in [0.2, 0.25) is 0 Å². The maximum Gasteiger partial charge on any atom is 0.437 e. The molecule has 0 unspecified atom stereocenters. The number of unbranched alkanes of at least 4 members (excludes halogenated alkanes) is 3. The molecule has 2 aromatic rings. The van der Waals surface area contributed by atoms with Gasteiger partial charge in [0.15, 0.2) is 11.4 Å². The van der Waals surface area contributed by atoms with E-state index in [1.165, 1.54) is 18.1 Å². The lowest BCUT2D eigenvalue weighted by atomic mass is 9.87. The van der Waals surface area contributed by atoms with Crippen LogP contribution in [0.25, 0.3) is 10.9 Å². The van der Waals surface area contributed by atoms with Crippen molar-refractivity contribution in [2.45, 2.75) is 108 Å². The lowest BCUT2D eigenvalue weighted by Gasteiger charge is -2.37. The van der Waals surface area contributed by atoms with E-state index in [0.29, 0.717) is 42.8 Å². The summed E-state index contributed by atoms with van der Waals surface area (Å²) in [5, 5.41) is 3.12. The number of aryl methyl sites for hydroxylation is 1. The Morgan fingerprint density at radius 1 is 1.14 bits per heavy atom. The number of nitrogens with one attached hydrogen (secondary N) is 1. The number of alkyl halides is 3. The van der Waals surface area contributed by atoms with Crippen molar-refractivity contribution >= 4 is 28.9 Å². The number of allylic oxidation sites excluding steroid dienone is 1. The molecule has 1 saturated heterocycles. The van der Waals surface area contributed by atoms with E-state index >= 15 is 0 Å². The summed E-state index contributed by atoms with van der Waals surface area (Å²) >= 11 is 0. The van der Waals surface area contributed by atoms with Gasteiger partial charge in [0.05, 0.1) is 25.8 Å². The Morgan fingerprint density at radius 3 is 2.56 bits per heavy atom. The van der Waals surface area contributed by atoms with Gasteiger partial charge in [0, 0.05) is 37.5 Å². The Balaban J connectivity index is 1.67. The fourth-order valence-corrected chi connectivity index (χ4v) is 6.45. The number of benzene rings is 1. The first-order valence-corrected chi connectivity index (χ1v) is 16.9. The SMILES string of the molecule is C=CCCCCC[C@H](NC(=O)OC(C)(C)C)C(=O)N1C[C@@]2(CCc3c(c(C(F)(F)F)nc4ccc(OCCCOC)cc34)O2)C[C@H]1C(=O)OC. The van der Waals surface area contributed by atoms with E-state index < -0.39 is 58.9 Å². The topological polar surface area (TPSA) is 126 Å². The van der Waals surface area contributed by atoms with Gasteiger partial charge in [0.25, 0.3) is 0 Å². The molecule has 1 N–H and O–H groups in total. The van der Waals surface area contributed by atoms with E-state index in [1.54, 1.807) is 46.1 Å².